The van der Waals surface area contributed by atoms with Gasteiger partial charge in [-0.3, -0.25) is 4.98 Å². The Kier molecular flexibility index (Phi) is 2.54. The molecule has 0 spiro atoms. The summed E-state index contributed by atoms with van der Waals surface area (Å²) in [6.07, 6.45) is 14.0. The third kappa shape index (κ3) is 2.15. The van der Waals surface area contributed by atoms with Crippen LogP contribution >= 0.6 is 0 Å². The molecule has 2 aliphatic heterocycles. The van der Waals surface area contributed by atoms with Crippen molar-refractivity contribution in [1.82, 2.24) is 15.2 Å². The molecule has 1 N–H and O–H groups in total. The van der Waals surface area contributed by atoms with Gasteiger partial charge in [0.25, 0.3) is 0 Å². The number of fused-ring (bicyclic) bond motifs is 1. The molecule has 1 aromatic rings. The van der Waals surface area contributed by atoms with Gasteiger partial charge in [0.1, 0.15) is 18.5 Å². The number of hydrogen-bond donors (Lipinski definition) is 1. The molecule has 17 heavy (non-hydrogen) atoms. The predicted octanol–water partition coefficient (Wildman–Crippen LogP) is 1.62. The van der Waals surface area contributed by atoms with Crippen LogP contribution in [0.25, 0.3) is 0 Å². The maximum Gasteiger partial charge on any atom is 0.122 e. The Hall–Kier alpha value is -2.23. The molecule has 2 aliphatic rings. The third-order valence-corrected chi connectivity index (χ3v) is 2.70. The quantitative estimate of drug-likeness (QED) is 0.851. The summed E-state index contributed by atoms with van der Waals surface area (Å²) in [7, 11) is 0. The Morgan fingerprint density at radius 2 is 2.24 bits per heavy atom. The highest BCUT2D eigenvalue weighted by atomic mass is 16.5. The van der Waals surface area contributed by atoms with Gasteiger partial charge in [-0.15, -0.1) is 0 Å². The highest BCUT2D eigenvalue weighted by Gasteiger charge is 2.17. The van der Waals surface area contributed by atoms with Crippen LogP contribution in [-0.4, -0.2) is 22.7 Å². The van der Waals surface area contributed by atoms with Crippen molar-refractivity contribution >= 4 is 0 Å². The van der Waals surface area contributed by atoms with E-state index in [-0.39, 0.29) is 6.17 Å². The third-order valence-electron chi connectivity index (χ3n) is 2.70. The molecule has 1 aromatic heterocycles. The van der Waals surface area contributed by atoms with Crippen molar-refractivity contribution in [2.75, 3.05) is 6.61 Å². The Morgan fingerprint density at radius 1 is 1.35 bits per heavy atom. The van der Waals surface area contributed by atoms with Crippen molar-refractivity contribution in [2.24, 2.45) is 0 Å². The summed E-state index contributed by atoms with van der Waals surface area (Å²) in [5.41, 5.74) is 1.14. The summed E-state index contributed by atoms with van der Waals surface area (Å²) in [5, 5.41) is 3.22. The van der Waals surface area contributed by atoms with Crippen LogP contribution in [0, 0.1) is 0 Å². The number of nitrogens with one attached hydrogen (secondary N) is 1. The van der Waals surface area contributed by atoms with Crippen LogP contribution < -0.4 is 10.1 Å². The maximum absolute atomic E-state index is 5.66. The molecule has 0 saturated carbocycles. The molecule has 1 atom stereocenters. The van der Waals surface area contributed by atoms with Gasteiger partial charge in [-0.2, -0.15) is 0 Å². The van der Waals surface area contributed by atoms with Gasteiger partial charge in [-0.05, 0) is 18.2 Å². The molecular formula is C13H13N3O. The Balaban J connectivity index is 1.63. The second-order valence-corrected chi connectivity index (χ2v) is 3.91. The minimum Gasteiger partial charge on any atom is -0.489 e. The fourth-order valence-corrected chi connectivity index (χ4v) is 1.82. The summed E-state index contributed by atoms with van der Waals surface area (Å²) < 4.78 is 5.66. The van der Waals surface area contributed by atoms with Gasteiger partial charge in [0.2, 0.25) is 0 Å². The van der Waals surface area contributed by atoms with E-state index in [0.717, 1.165) is 11.3 Å². The molecule has 0 amide bonds. The lowest BCUT2D eigenvalue weighted by Crippen LogP contribution is -2.32. The van der Waals surface area contributed by atoms with E-state index in [1.54, 1.807) is 12.4 Å². The molecule has 0 aliphatic carbocycles. The van der Waals surface area contributed by atoms with Crippen LogP contribution in [0.3, 0.4) is 0 Å². The normalized spacial score (nSPS) is 20.8. The average Bonchev–Trinajstić information content (AvgIpc) is 2.85. The fraction of sp³-hybridized carbons (Fsp3) is 0.154. The van der Waals surface area contributed by atoms with Crippen LogP contribution in [0.1, 0.15) is 0 Å². The number of pyridine rings is 1. The molecule has 0 saturated heterocycles. The zero-order chi connectivity index (χ0) is 11.5. The lowest BCUT2D eigenvalue weighted by Gasteiger charge is -2.23. The highest BCUT2D eigenvalue weighted by Crippen LogP contribution is 2.17. The van der Waals surface area contributed by atoms with Gasteiger partial charge < -0.3 is 15.0 Å². The number of ether oxygens (including phenoxy) is 1. The van der Waals surface area contributed by atoms with Gasteiger partial charge in [-0.25, -0.2) is 0 Å². The van der Waals surface area contributed by atoms with Crippen LogP contribution in [0.2, 0.25) is 0 Å². The van der Waals surface area contributed by atoms with Gasteiger partial charge in [0, 0.05) is 36.6 Å². The first-order chi connectivity index (χ1) is 8.42. The van der Waals surface area contributed by atoms with Crippen molar-refractivity contribution in [3.8, 4) is 5.75 Å². The SMILES string of the molecule is C1=CN2C=C(COc3ccncc3)C=CC2N1. The molecule has 3 heterocycles. The Labute approximate surface area is 99.9 Å². The molecule has 0 bridgehead atoms. The van der Waals surface area contributed by atoms with E-state index in [1.807, 2.05) is 24.5 Å². The molecule has 4 heteroatoms. The van der Waals surface area contributed by atoms with Gasteiger partial charge >= 0.3 is 0 Å². The largest absolute Gasteiger partial charge is 0.489 e. The van der Waals surface area contributed by atoms with E-state index in [4.69, 9.17) is 4.74 Å². The van der Waals surface area contributed by atoms with E-state index in [0.29, 0.717) is 6.61 Å². The minimum absolute atomic E-state index is 0.264. The van der Waals surface area contributed by atoms with Crippen molar-refractivity contribution < 1.29 is 4.74 Å². The predicted molar refractivity (Wildman–Crippen MR) is 64.9 cm³/mol. The first-order valence-electron chi connectivity index (χ1n) is 5.54. The smallest absolute Gasteiger partial charge is 0.122 e. The first-order valence-corrected chi connectivity index (χ1v) is 5.54. The first kappa shape index (κ1) is 9.96. The van der Waals surface area contributed by atoms with E-state index < -0.39 is 0 Å². The summed E-state index contributed by atoms with van der Waals surface area (Å²) in [6.45, 7) is 0.567. The van der Waals surface area contributed by atoms with Crippen LogP contribution in [0.15, 0.2) is 60.9 Å². The van der Waals surface area contributed by atoms with Crippen LogP contribution in [-0.2, 0) is 0 Å². The Bertz CT molecular complexity index is 479. The van der Waals surface area contributed by atoms with Crippen molar-refractivity contribution in [3.63, 3.8) is 0 Å². The van der Waals surface area contributed by atoms with Crippen molar-refractivity contribution in [2.45, 2.75) is 6.17 Å². The molecule has 0 aromatic carbocycles. The highest BCUT2D eigenvalue weighted by molar-refractivity contribution is 5.29. The standard InChI is InChI=1S/C13H13N3O/c1-2-13-15-7-8-16(13)9-11(1)10-17-12-3-5-14-6-4-12/h1-9,13,15H,10H2. The molecule has 4 nitrogen and oxygen atoms in total. The summed E-state index contributed by atoms with van der Waals surface area (Å²) in [5.74, 6) is 0.839. The topological polar surface area (TPSA) is 37.4 Å². The van der Waals surface area contributed by atoms with Gasteiger partial charge in [0.05, 0.1) is 0 Å². The van der Waals surface area contributed by atoms with Crippen molar-refractivity contribution in [3.05, 3.63) is 60.9 Å². The second-order valence-electron chi connectivity index (χ2n) is 3.91. The molecule has 3 rings (SSSR count). The maximum atomic E-state index is 5.66. The second kappa shape index (κ2) is 4.33. The van der Waals surface area contributed by atoms with Gasteiger partial charge in [-0.1, -0.05) is 6.08 Å². The van der Waals surface area contributed by atoms with Gasteiger partial charge in [0.15, 0.2) is 0 Å². The molecule has 86 valence electrons. The van der Waals surface area contributed by atoms with E-state index >= 15 is 0 Å². The lowest BCUT2D eigenvalue weighted by molar-refractivity contribution is 0.344. The minimum atomic E-state index is 0.264. The summed E-state index contributed by atoms with van der Waals surface area (Å²) in [6, 6.07) is 3.71. The monoisotopic (exact) mass is 227 g/mol. The average molecular weight is 227 g/mol. The lowest BCUT2D eigenvalue weighted by atomic mass is 10.2. The van der Waals surface area contributed by atoms with E-state index in [2.05, 4.69) is 33.6 Å². The summed E-state index contributed by atoms with van der Waals surface area (Å²) >= 11 is 0. The number of nitrogens with zero attached hydrogens (tertiary/aromatic N) is 2. The number of aromatic nitrogens is 1. The molecule has 0 fully saturated rings. The zero-order valence-corrected chi connectivity index (χ0v) is 9.28. The van der Waals surface area contributed by atoms with E-state index in [1.165, 1.54) is 0 Å². The van der Waals surface area contributed by atoms with E-state index in [9.17, 15) is 0 Å². The summed E-state index contributed by atoms with van der Waals surface area (Å²) in [4.78, 5) is 6.07. The molecule has 0 radical (unpaired) electrons. The fourth-order valence-electron chi connectivity index (χ4n) is 1.82. The molecular weight excluding hydrogens is 214 g/mol. The number of rotatable bonds is 3. The zero-order valence-electron chi connectivity index (χ0n) is 9.28. The number of hydrogen-bond acceptors (Lipinski definition) is 4. The van der Waals surface area contributed by atoms with Crippen molar-refractivity contribution in [1.29, 1.82) is 0 Å². The van der Waals surface area contributed by atoms with Crippen LogP contribution in [0.4, 0.5) is 0 Å². The molecule has 1 unspecified atom stereocenters. The Morgan fingerprint density at radius 3 is 3.12 bits per heavy atom. The van der Waals surface area contributed by atoms with Crippen LogP contribution in [0.5, 0.6) is 5.75 Å².